The van der Waals surface area contributed by atoms with Crippen LogP contribution in [-0.4, -0.2) is 54.7 Å². The molecule has 1 saturated carbocycles. The van der Waals surface area contributed by atoms with E-state index in [4.69, 9.17) is 22.7 Å². The molecule has 40 heavy (non-hydrogen) atoms. The number of alkyl halides is 3. The lowest BCUT2D eigenvalue weighted by Gasteiger charge is -2.27. The van der Waals surface area contributed by atoms with Gasteiger partial charge in [-0.1, -0.05) is 47.5 Å². The first-order chi connectivity index (χ1) is 18.9. The van der Waals surface area contributed by atoms with E-state index in [0.717, 1.165) is 10.5 Å². The van der Waals surface area contributed by atoms with Crippen LogP contribution in [0.25, 0.3) is 0 Å². The Morgan fingerprint density at radius 3 is 2.52 bits per heavy atom. The van der Waals surface area contributed by atoms with Gasteiger partial charge in [0.25, 0.3) is 0 Å². The Hall–Kier alpha value is -3.86. The number of hydrogen-bond donors (Lipinski definition) is 4. The zero-order valence-electron chi connectivity index (χ0n) is 22.2. The molecule has 3 rings (SSSR count). The standard InChI is InChI=1S/C28H32ClF3N6O2/c1-17-6-8-18(9-7-17)25(34)38(13-12-28(30,31)32)27(40)36-16-23(33)22-11-10-19(26(39)35-2)14-24(22)37-21-5-3-4-20(29)15-21/h3-9,15,19,34H,10-14,16,33H2,1-2H3,(H,35,39)(H,36,40)/b23-22-,34-25?,37-24?. The number of nitrogens with zero attached hydrogens (tertiary/aromatic N) is 2. The maximum atomic E-state index is 13.0. The van der Waals surface area contributed by atoms with Crippen molar-refractivity contribution in [3.05, 3.63) is 76.0 Å². The van der Waals surface area contributed by atoms with E-state index in [9.17, 15) is 22.8 Å². The van der Waals surface area contributed by atoms with Crippen LogP contribution in [0.3, 0.4) is 0 Å². The van der Waals surface area contributed by atoms with Crippen molar-refractivity contribution in [1.29, 1.82) is 5.41 Å². The highest BCUT2D eigenvalue weighted by Gasteiger charge is 2.31. The van der Waals surface area contributed by atoms with Gasteiger partial charge in [-0.3, -0.25) is 20.1 Å². The molecule has 214 valence electrons. The second-order valence-electron chi connectivity index (χ2n) is 9.49. The molecule has 1 atom stereocenters. The van der Waals surface area contributed by atoms with E-state index in [2.05, 4.69) is 15.6 Å². The summed E-state index contributed by atoms with van der Waals surface area (Å²) in [6.07, 6.45) is -4.55. The predicted octanol–water partition coefficient (Wildman–Crippen LogP) is 5.47. The molecule has 0 bridgehead atoms. The first-order valence-corrected chi connectivity index (χ1v) is 13.1. The molecule has 1 unspecified atom stereocenters. The number of carbonyl (C=O) groups excluding carboxylic acids is 2. The number of amidine groups is 1. The number of rotatable bonds is 7. The normalized spacial score (nSPS) is 17.8. The minimum atomic E-state index is -4.51. The first-order valence-electron chi connectivity index (χ1n) is 12.7. The summed E-state index contributed by atoms with van der Waals surface area (Å²) in [6, 6.07) is 12.6. The lowest BCUT2D eigenvalue weighted by Crippen LogP contribution is -2.46. The van der Waals surface area contributed by atoms with Crippen molar-refractivity contribution in [1.82, 2.24) is 15.5 Å². The summed E-state index contributed by atoms with van der Waals surface area (Å²) in [5.41, 5.74) is 9.64. The maximum Gasteiger partial charge on any atom is 0.390 e. The van der Waals surface area contributed by atoms with Gasteiger partial charge in [0, 0.05) is 47.9 Å². The number of allylic oxidation sites excluding steroid dienone is 1. The number of urea groups is 1. The van der Waals surface area contributed by atoms with E-state index in [0.29, 0.717) is 46.8 Å². The molecule has 2 aromatic carbocycles. The molecule has 12 heteroatoms. The van der Waals surface area contributed by atoms with Gasteiger partial charge in [-0.05, 0) is 43.5 Å². The molecule has 0 spiro atoms. The van der Waals surface area contributed by atoms with Crippen LogP contribution in [0.1, 0.15) is 36.8 Å². The molecular weight excluding hydrogens is 545 g/mol. The second-order valence-corrected chi connectivity index (χ2v) is 9.92. The highest BCUT2D eigenvalue weighted by atomic mass is 35.5. The van der Waals surface area contributed by atoms with E-state index >= 15 is 0 Å². The lowest BCUT2D eigenvalue weighted by molar-refractivity contribution is -0.135. The van der Waals surface area contributed by atoms with Crippen LogP contribution in [-0.2, 0) is 4.79 Å². The van der Waals surface area contributed by atoms with Gasteiger partial charge < -0.3 is 16.4 Å². The summed E-state index contributed by atoms with van der Waals surface area (Å²) in [5.74, 6) is -0.802. The van der Waals surface area contributed by atoms with Gasteiger partial charge in [-0.25, -0.2) is 4.79 Å². The lowest BCUT2D eigenvalue weighted by atomic mass is 9.82. The third-order valence-corrected chi connectivity index (χ3v) is 6.73. The Kier molecular flexibility index (Phi) is 10.3. The van der Waals surface area contributed by atoms with Crippen molar-refractivity contribution >= 4 is 40.8 Å². The van der Waals surface area contributed by atoms with Gasteiger partial charge in [-0.2, -0.15) is 13.2 Å². The number of aryl methyl sites for hydroxylation is 1. The third kappa shape index (κ3) is 8.57. The molecule has 1 fully saturated rings. The molecule has 0 saturated heterocycles. The molecule has 1 aliphatic carbocycles. The predicted molar refractivity (Wildman–Crippen MR) is 150 cm³/mol. The smallest absolute Gasteiger partial charge is 0.390 e. The Morgan fingerprint density at radius 2 is 1.90 bits per heavy atom. The van der Waals surface area contributed by atoms with Crippen molar-refractivity contribution in [3.8, 4) is 0 Å². The number of amides is 3. The van der Waals surface area contributed by atoms with Crippen molar-refractivity contribution in [2.24, 2.45) is 16.6 Å². The molecule has 3 amide bonds. The van der Waals surface area contributed by atoms with Crippen molar-refractivity contribution < 1.29 is 22.8 Å². The number of nitrogens with one attached hydrogen (secondary N) is 3. The molecule has 0 aromatic heterocycles. The minimum Gasteiger partial charge on any atom is -0.400 e. The number of halogens is 4. The zero-order valence-corrected chi connectivity index (χ0v) is 23.0. The summed E-state index contributed by atoms with van der Waals surface area (Å²) in [4.78, 5) is 30.8. The molecule has 1 aliphatic rings. The molecule has 0 heterocycles. The number of aliphatic imine (C=N–C) groups is 1. The maximum absolute atomic E-state index is 13.0. The molecule has 5 N–H and O–H groups in total. The van der Waals surface area contributed by atoms with Crippen LogP contribution in [0.15, 0.2) is 64.8 Å². The Morgan fingerprint density at radius 1 is 1.20 bits per heavy atom. The number of hydrogen-bond acceptors (Lipinski definition) is 5. The van der Waals surface area contributed by atoms with Crippen LogP contribution in [0.4, 0.5) is 23.7 Å². The molecule has 2 aromatic rings. The van der Waals surface area contributed by atoms with Gasteiger partial charge >= 0.3 is 12.2 Å². The highest BCUT2D eigenvalue weighted by molar-refractivity contribution is 6.30. The number of carbonyl (C=O) groups is 2. The second kappa shape index (κ2) is 13.5. The highest BCUT2D eigenvalue weighted by Crippen LogP contribution is 2.30. The monoisotopic (exact) mass is 576 g/mol. The van der Waals surface area contributed by atoms with Gasteiger partial charge in [0.2, 0.25) is 5.91 Å². The zero-order chi connectivity index (χ0) is 29.4. The topological polar surface area (TPSA) is 124 Å². The molecule has 0 radical (unpaired) electrons. The summed E-state index contributed by atoms with van der Waals surface area (Å²) in [7, 11) is 1.56. The molecule has 8 nitrogen and oxygen atoms in total. The van der Waals surface area contributed by atoms with Crippen molar-refractivity contribution in [2.45, 2.75) is 38.8 Å². The van der Waals surface area contributed by atoms with Crippen LogP contribution < -0.4 is 16.4 Å². The fourth-order valence-electron chi connectivity index (χ4n) is 4.30. The van der Waals surface area contributed by atoms with Crippen LogP contribution >= 0.6 is 11.6 Å². The summed E-state index contributed by atoms with van der Waals surface area (Å²) >= 11 is 6.10. The van der Waals surface area contributed by atoms with Crippen LogP contribution in [0.2, 0.25) is 5.02 Å². The average Bonchev–Trinajstić information content (AvgIpc) is 2.91. The molecule has 0 aliphatic heterocycles. The largest absolute Gasteiger partial charge is 0.400 e. The van der Waals surface area contributed by atoms with Crippen LogP contribution in [0.5, 0.6) is 0 Å². The SMILES string of the molecule is CNC(=O)C1CC/C(=C(/N)CNC(=O)N(CCC(F)(F)F)C(=N)c2ccc(C)cc2)C(=Nc2cccc(Cl)c2)C1. The fourth-order valence-corrected chi connectivity index (χ4v) is 4.49. The van der Waals surface area contributed by atoms with E-state index in [-0.39, 0.29) is 29.9 Å². The Balaban J connectivity index is 1.84. The van der Waals surface area contributed by atoms with Gasteiger partial charge in [-0.15, -0.1) is 0 Å². The number of nitrogens with two attached hydrogens (primary N) is 1. The van der Waals surface area contributed by atoms with Gasteiger partial charge in [0.15, 0.2) is 0 Å². The fraction of sp³-hybridized carbons (Fsp3) is 0.357. The summed E-state index contributed by atoms with van der Waals surface area (Å²) < 4.78 is 39.0. The van der Waals surface area contributed by atoms with E-state index < -0.39 is 25.2 Å². The van der Waals surface area contributed by atoms with E-state index in [1.54, 1.807) is 55.6 Å². The van der Waals surface area contributed by atoms with Crippen molar-refractivity contribution in [3.63, 3.8) is 0 Å². The Bertz CT molecular complexity index is 1310. The van der Waals surface area contributed by atoms with Crippen LogP contribution in [0, 0.1) is 18.3 Å². The van der Waals surface area contributed by atoms with E-state index in [1.165, 1.54) is 0 Å². The van der Waals surface area contributed by atoms with Gasteiger partial charge in [0.05, 0.1) is 18.7 Å². The third-order valence-electron chi connectivity index (χ3n) is 6.50. The van der Waals surface area contributed by atoms with Gasteiger partial charge in [0.1, 0.15) is 5.84 Å². The Labute approximate surface area is 236 Å². The number of benzene rings is 2. The quantitative estimate of drug-likeness (QED) is 0.258. The van der Waals surface area contributed by atoms with Crippen molar-refractivity contribution in [2.75, 3.05) is 20.1 Å². The molecular formula is C28H32ClF3N6O2. The first kappa shape index (κ1) is 30.7. The minimum absolute atomic E-state index is 0.125. The average molecular weight is 577 g/mol. The summed E-state index contributed by atoms with van der Waals surface area (Å²) in [6.45, 7) is 0.925. The summed E-state index contributed by atoms with van der Waals surface area (Å²) in [5, 5.41) is 14.1. The van der Waals surface area contributed by atoms with E-state index in [1.807, 2.05) is 6.92 Å².